The zero-order valence-corrected chi connectivity index (χ0v) is 13.7. The molecular formula is C17H16FN3O5. The van der Waals surface area contributed by atoms with Gasteiger partial charge >= 0.3 is 5.97 Å². The van der Waals surface area contributed by atoms with E-state index in [4.69, 9.17) is 9.84 Å². The smallest absolute Gasteiger partial charge is 0.305 e. The fourth-order valence-electron chi connectivity index (χ4n) is 2.76. The van der Waals surface area contributed by atoms with Crippen LogP contribution in [0.4, 0.5) is 4.39 Å². The van der Waals surface area contributed by atoms with Crippen molar-refractivity contribution in [2.24, 2.45) is 0 Å². The summed E-state index contributed by atoms with van der Waals surface area (Å²) in [6, 6.07) is 7.32. The number of halogens is 1. The Labute approximate surface area is 147 Å². The summed E-state index contributed by atoms with van der Waals surface area (Å²) in [5.41, 5.74) is -0.739. The normalized spacial score (nSPS) is 17.1. The molecule has 1 aromatic heterocycles. The molecule has 8 nitrogen and oxygen atoms in total. The Hall–Kier alpha value is -3.07. The summed E-state index contributed by atoms with van der Waals surface area (Å²) in [4.78, 5) is 37.2. The Morgan fingerprint density at radius 3 is 2.77 bits per heavy atom. The number of aromatic nitrogens is 2. The van der Waals surface area contributed by atoms with E-state index >= 15 is 0 Å². The maximum Gasteiger partial charge on any atom is 0.305 e. The molecule has 0 saturated carbocycles. The molecule has 1 N–H and O–H groups in total. The van der Waals surface area contributed by atoms with Crippen molar-refractivity contribution in [1.82, 2.24) is 14.7 Å². The van der Waals surface area contributed by atoms with Gasteiger partial charge < -0.3 is 14.7 Å². The monoisotopic (exact) mass is 361 g/mol. The average molecular weight is 361 g/mol. The molecule has 26 heavy (non-hydrogen) atoms. The van der Waals surface area contributed by atoms with Crippen LogP contribution in [0.3, 0.4) is 0 Å². The third-order valence-electron chi connectivity index (χ3n) is 4.00. The molecule has 1 unspecified atom stereocenters. The van der Waals surface area contributed by atoms with Gasteiger partial charge in [-0.3, -0.25) is 14.4 Å². The molecule has 1 aliphatic heterocycles. The molecule has 3 rings (SSSR count). The number of amides is 1. The summed E-state index contributed by atoms with van der Waals surface area (Å²) in [6.45, 7) is 0.580. The third kappa shape index (κ3) is 3.62. The van der Waals surface area contributed by atoms with Crippen molar-refractivity contribution in [3.05, 3.63) is 58.3 Å². The van der Waals surface area contributed by atoms with Crippen LogP contribution >= 0.6 is 0 Å². The average Bonchev–Trinajstić information content (AvgIpc) is 2.62. The zero-order chi connectivity index (χ0) is 18.7. The lowest BCUT2D eigenvalue weighted by molar-refractivity contribution is -0.139. The fourth-order valence-corrected chi connectivity index (χ4v) is 2.76. The van der Waals surface area contributed by atoms with Gasteiger partial charge in [-0.05, 0) is 18.2 Å². The van der Waals surface area contributed by atoms with Crippen LogP contribution < -0.4 is 5.56 Å². The molecule has 1 atom stereocenters. The van der Waals surface area contributed by atoms with Gasteiger partial charge in [-0.2, -0.15) is 9.78 Å². The molecule has 0 radical (unpaired) electrons. The quantitative estimate of drug-likeness (QED) is 0.860. The van der Waals surface area contributed by atoms with Crippen molar-refractivity contribution in [1.29, 1.82) is 0 Å². The van der Waals surface area contributed by atoms with Gasteiger partial charge in [0.25, 0.3) is 11.5 Å². The number of ether oxygens (including phenoxy) is 1. The van der Waals surface area contributed by atoms with Crippen molar-refractivity contribution >= 4 is 11.9 Å². The topological polar surface area (TPSA) is 102 Å². The maximum absolute atomic E-state index is 14.0. The van der Waals surface area contributed by atoms with Crippen molar-refractivity contribution in [3.8, 4) is 5.69 Å². The number of carbonyl (C=O) groups excluding carboxylic acids is 1. The van der Waals surface area contributed by atoms with Crippen molar-refractivity contribution in [2.45, 2.75) is 12.5 Å². The second kappa shape index (κ2) is 7.44. The molecule has 1 aliphatic rings. The van der Waals surface area contributed by atoms with Gasteiger partial charge in [0, 0.05) is 12.6 Å². The molecule has 136 valence electrons. The van der Waals surface area contributed by atoms with Crippen molar-refractivity contribution in [3.63, 3.8) is 0 Å². The zero-order valence-electron chi connectivity index (χ0n) is 13.7. The van der Waals surface area contributed by atoms with Gasteiger partial charge in [0.15, 0.2) is 0 Å². The largest absolute Gasteiger partial charge is 0.481 e. The van der Waals surface area contributed by atoms with Gasteiger partial charge in [-0.1, -0.05) is 12.1 Å². The number of carboxylic acids is 1. The number of para-hydroxylation sites is 1. The highest BCUT2D eigenvalue weighted by molar-refractivity contribution is 5.92. The molecule has 0 aliphatic carbocycles. The lowest BCUT2D eigenvalue weighted by Gasteiger charge is -2.34. The minimum absolute atomic E-state index is 0.0730. The first kappa shape index (κ1) is 17.7. The van der Waals surface area contributed by atoms with Crippen molar-refractivity contribution < 1.29 is 23.8 Å². The van der Waals surface area contributed by atoms with Crippen LogP contribution in [0.5, 0.6) is 0 Å². The number of aliphatic carboxylic acids is 1. The van der Waals surface area contributed by atoms with Gasteiger partial charge in [-0.15, -0.1) is 0 Å². The summed E-state index contributed by atoms with van der Waals surface area (Å²) < 4.78 is 20.0. The molecule has 0 bridgehead atoms. The molecule has 1 saturated heterocycles. The van der Waals surface area contributed by atoms with E-state index < -0.39 is 29.3 Å². The predicted molar refractivity (Wildman–Crippen MR) is 87.7 cm³/mol. The highest BCUT2D eigenvalue weighted by Gasteiger charge is 2.30. The molecule has 2 heterocycles. The van der Waals surface area contributed by atoms with E-state index in [0.29, 0.717) is 0 Å². The Morgan fingerprint density at radius 2 is 2.04 bits per heavy atom. The van der Waals surface area contributed by atoms with E-state index in [0.717, 1.165) is 10.7 Å². The molecule has 1 fully saturated rings. The third-order valence-corrected chi connectivity index (χ3v) is 4.00. The minimum Gasteiger partial charge on any atom is -0.481 e. The first-order valence-corrected chi connectivity index (χ1v) is 7.93. The number of benzene rings is 1. The van der Waals surface area contributed by atoms with E-state index in [-0.39, 0.29) is 37.6 Å². The maximum atomic E-state index is 14.0. The number of hydrogen-bond donors (Lipinski definition) is 1. The first-order chi connectivity index (χ1) is 12.5. The number of nitrogens with zero attached hydrogens (tertiary/aromatic N) is 3. The molecule has 9 heteroatoms. The lowest BCUT2D eigenvalue weighted by Crippen LogP contribution is -2.50. The summed E-state index contributed by atoms with van der Waals surface area (Å²) in [7, 11) is 0. The van der Waals surface area contributed by atoms with E-state index in [1.165, 1.54) is 29.2 Å². The van der Waals surface area contributed by atoms with E-state index in [1.54, 1.807) is 6.07 Å². The van der Waals surface area contributed by atoms with Crippen LogP contribution in [0.1, 0.15) is 16.9 Å². The van der Waals surface area contributed by atoms with Gasteiger partial charge in [0.1, 0.15) is 17.2 Å². The molecule has 1 amide bonds. The van der Waals surface area contributed by atoms with E-state index in [2.05, 4.69) is 5.10 Å². The molecule has 2 aromatic rings. The summed E-state index contributed by atoms with van der Waals surface area (Å²) in [5, 5.41) is 13.0. The van der Waals surface area contributed by atoms with Crippen LogP contribution in [0.2, 0.25) is 0 Å². The highest BCUT2D eigenvalue weighted by Crippen LogP contribution is 2.15. The number of hydrogen-bond acceptors (Lipinski definition) is 5. The second-order valence-electron chi connectivity index (χ2n) is 5.75. The standard InChI is InChI=1S/C17H16FN3O5/c18-12-3-1-2-4-14(12)21-15(22)6-5-13(19-21)17(25)20-7-8-26-10-11(20)9-16(23)24/h1-6,11H,7-10H2,(H,23,24). The summed E-state index contributed by atoms with van der Waals surface area (Å²) in [5.74, 6) is -2.24. The van der Waals surface area contributed by atoms with Crippen LogP contribution in [0.15, 0.2) is 41.2 Å². The Kier molecular flexibility index (Phi) is 5.08. The molecule has 1 aromatic carbocycles. The van der Waals surface area contributed by atoms with Crippen LogP contribution in [-0.2, 0) is 9.53 Å². The number of morpholine rings is 1. The van der Waals surface area contributed by atoms with Gasteiger partial charge in [0.2, 0.25) is 0 Å². The second-order valence-corrected chi connectivity index (χ2v) is 5.75. The highest BCUT2D eigenvalue weighted by atomic mass is 19.1. The first-order valence-electron chi connectivity index (χ1n) is 7.93. The Balaban J connectivity index is 1.95. The summed E-state index contributed by atoms with van der Waals surface area (Å²) in [6.07, 6.45) is -0.265. The minimum atomic E-state index is -1.05. The molecular weight excluding hydrogens is 345 g/mol. The SMILES string of the molecule is O=C(O)CC1COCCN1C(=O)c1ccc(=O)n(-c2ccccc2F)n1. The number of carbonyl (C=O) groups is 2. The lowest BCUT2D eigenvalue weighted by atomic mass is 10.1. The number of rotatable bonds is 4. The predicted octanol–water partition coefficient (Wildman–Crippen LogP) is 0.687. The van der Waals surface area contributed by atoms with Crippen LogP contribution in [0, 0.1) is 5.82 Å². The van der Waals surface area contributed by atoms with E-state index in [1.807, 2.05) is 0 Å². The van der Waals surface area contributed by atoms with Crippen LogP contribution in [0.25, 0.3) is 5.69 Å². The van der Waals surface area contributed by atoms with Crippen LogP contribution in [-0.4, -0.2) is 57.5 Å². The Bertz CT molecular complexity index is 898. The number of carboxylic acid groups (broad SMARTS) is 1. The Morgan fingerprint density at radius 1 is 1.27 bits per heavy atom. The van der Waals surface area contributed by atoms with Crippen molar-refractivity contribution in [2.75, 3.05) is 19.8 Å². The fraction of sp³-hybridized carbons (Fsp3) is 0.294. The molecule has 0 spiro atoms. The van der Waals surface area contributed by atoms with E-state index in [9.17, 15) is 18.8 Å². The van der Waals surface area contributed by atoms with Gasteiger partial charge in [-0.25, -0.2) is 4.39 Å². The van der Waals surface area contributed by atoms with Gasteiger partial charge in [0.05, 0.1) is 25.7 Å². The summed E-state index contributed by atoms with van der Waals surface area (Å²) >= 11 is 0.